The number of likely N-dealkylation sites (N-methyl/N-ethyl adjacent to an activating group) is 1. The van der Waals surface area contributed by atoms with Crippen LogP contribution >= 0.6 is 0 Å². The Hall–Kier alpha value is -1.71. The second-order valence-corrected chi connectivity index (χ2v) is 6.43. The van der Waals surface area contributed by atoms with Crippen molar-refractivity contribution < 1.29 is 18.0 Å². The van der Waals surface area contributed by atoms with Crippen molar-refractivity contribution in [3.8, 4) is 0 Å². The summed E-state index contributed by atoms with van der Waals surface area (Å²) in [5.74, 6) is -0.470. The van der Waals surface area contributed by atoms with Gasteiger partial charge in [-0.05, 0) is 6.07 Å². The minimum absolute atomic E-state index is 0.0244. The molecule has 9 heteroatoms. The van der Waals surface area contributed by atoms with Crippen molar-refractivity contribution in [2.24, 2.45) is 0 Å². The molecular weight excluding hydrogens is 310 g/mol. The van der Waals surface area contributed by atoms with Crippen LogP contribution in [0, 0.1) is 0 Å². The fourth-order valence-electron chi connectivity index (χ4n) is 1.85. The molecule has 22 heavy (non-hydrogen) atoms. The molecule has 0 bridgehead atoms. The van der Waals surface area contributed by atoms with Crippen LogP contribution in [0.5, 0.6) is 0 Å². The van der Waals surface area contributed by atoms with Gasteiger partial charge in [0.05, 0.1) is 12.0 Å². The predicted molar refractivity (Wildman–Crippen MR) is 80.6 cm³/mol. The van der Waals surface area contributed by atoms with Gasteiger partial charge >= 0.3 is 0 Å². The number of hydrogen-bond acceptors (Lipinski definition) is 5. The largest absolute Gasteiger partial charge is 0.305 e. The quantitative estimate of drug-likeness (QED) is 0.651. The summed E-state index contributed by atoms with van der Waals surface area (Å²) in [6.45, 7) is 3.81. The summed E-state index contributed by atoms with van der Waals surface area (Å²) in [7, 11) is -0.957. The van der Waals surface area contributed by atoms with E-state index in [-0.39, 0.29) is 11.4 Å². The maximum atomic E-state index is 12.4. The molecule has 1 rings (SSSR count). The average Bonchev–Trinajstić information content (AvgIpc) is 2.49. The van der Waals surface area contributed by atoms with Crippen molar-refractivity contribution >= 4 is 15.9 Å². The number of sulfonamides is 1. The SMILES string of the molecule is CCN(CC)S(=O)(=O)c1ccc(=O)n(CC(=O)N(C)OC)c1. The number of hydrogen-bond donors (Lipinski definition) is 0. The van der Waals surface area contributed by atoms with Gasteiger partial charge in [-0.25, -0.2) is 13.5 Å². The Labute approximate surface area is 129 Å². The molecule has 124 valence electrons. The average molecular weight is 331 g/mol. The van der Waals surface area contributed by atoms with E-state index in [0.29, 0.717) is 13.1 Å². The van der Waals surface area contributed by atoms with Gasteiger partial charge in [0.25, 0.3) is 11.5 Å². The van der Waals surface area contributed by atoms with Crippen LogP contribution in [-0.4, -0.2) is 55.5 Å². The number of amides is 1. The number of hydroxylamine groups is 2. The number of pyridine rings is 1. The number of rotatable bonds is 7. The Bertz CT molecular complexity index is 679. The van der Waals surface area contributed by atoms with Gasteiger partial charge in [-0.2, -0.15) is 4.31 Å². The van der Waals surface area contributed by atoms with Gasteiger partial charge in [-0.3, -0.25) is 14.4 Å². The smallest absolute Gasteiger partial charge is 0.265 e. The Morgan fingerprint density at radius 2 is 1.86 bits per heavy atom. The third kappa shape index (κ3) is 3.93. The van der Waals surface area contributed by atoms with Crippen LogP contribution in [0.3, 0.4) is 0 Å². The van der Waals surface area contributed by atoms with Gasteiger partial charge in [-0.1, -0.05) is 13.8 Å². The second kappa shape index (κ2) is 7.52. The summed E-state index contributed by atoms with van der Waals surface area (Å²) in [5.41, 5.74) is -0.462. The lowest BCUT2D eigenvalue weighted by Gasteiger charge is -2.19. The maximum absolute atomic E-state index is 12.4. The van der Waals surface area contributed by atoms with E-state index in [0.717, 1.165) is 15.7 Å². The first-order valence-electron chi connectivity index (χ1n) is 6.79. The molecule has 0 spiro atoms. The molecular formula is C13H21N3O5S. The lowest BCUT2D eigenvalue weighted by molar-refractivity contribution is -0.169. The monoisotopic (exact) mass is 331 g/mol. The normalized spacial score (nSPS) is 11.7. The number of carbonyl (C=O) groups is 1. The van der Waals surface area contributed by atoms with Crippen LogP contribution in [0.2, 0.25) is 0 Å². The van der Waals surface area contributed by atoms with Crippen LogP contribution in [0.25, 0.3) is 0 Å². The van der Waals surface area contributed by atoms with Crippen LogP contribution in [0.15, 0.2) is 28.0 Å². The molecule has 0 aliphatic heterocycles. The van der Waals surface area contributed by atoms with Crippen LogP contribution in [0.1, 0.15) is 13.8 Å². The summed E-state index contributed by atoms with van der Waals surface area (Å²) in [5, 5.41) is 0.970. The van der Waals surface area contributed by atoms with Gasteiger partial charge < -0.3 is 4.57 Å². The van der Waals surface area contributed by atoms with Crippen molar-refractivity contribution in [3.05, 3.63) is 28.7 Å². The molecule has 1 aromatic rings. The zero-order chi connectivity index (χ0) is 16.9. The number of nitrogens with zero attached hydrogens (tertiary/aromatic N) is 3. The zero-order valence-electron chi connectivity index (χ0n) is 13.1. The van der Waals surface area contributed by atoms with Crippen molar-refractivity contribution in [2.75, 3.05) is 27.2 Å². The molecule has 1 aromatic heterocycles. The van der Waals surface area contributed by atoms with E-state index < -0.39 is 21.5 Å². The van der Waals surface area contributed by atoms with E-state index in [2.05, 4.69) is 0 Å². The fraction of sp³-hybridized carbons (Fsp3) is 0.538. The van der Waals surface area contributed by atoms with Crippen molar-refractivity contribution in [1.29, 1.82) is 0 Å². The standard InChI is InChI=1S/C13H21N3O5S/c1-5-16(6-2)22(19,20)11-7-8-12(17)15(9-11)10-13(18)14(3)21-4/h7-9H,5-6,10H2,1-4H3. The predicted octanol–water partition coefficient (Wildman–Crippen LogP) is -0.101. The lowest BCUT2D eigenvalue weighted by Crippen LogP contribution is -2.34. The first-order chi connectivity index (χ1) is 10.3. The Kier molecular flexibility index (Phi) is 6.27. The summed E-state index contributed by atoms with van der Waals surface area (Å²) in [4.78, 5) is 28.3. The molecule has 0 aromatic carbocycles. The molecule has 0 atom stereocenters. The summed E-state index contributed by atoms with van der Waals surface area (Å²) in [6, 6.07) is 2.38. The number of aromatic nitrogens is 1. The molecule has 0 fully saturated rings. The molecule has 1 heterocycles. The topological polar surface area (TPSA) is 88.9 Å². The minimum Gasteiger partial charge on any atom is -0.305 e. The molecule has 8 nitrogen and oxygen atoms in total. The molecule has 1 amide bonds. The highest BCUT2D eigenvalue weighted by atomic mass is 32.2. The van der Waals surface area contributed by atoms with E-state index >= 15 is 0 Å². The first-order valence-corrected chi connectivity index (χ1v) is 8.23. The minimum atomic E-state index is -3.68. The zero-order valence-corrected chi connectivity index (χ0v) is 14.0. The Morgan fingerprint density at radius 3 is 2.36 bits per heavy atom. The first kappa shape index (κ1) is 18.3. The molecule has 0 saturated carbocycles. The highest BCUT2D eigenvalue weighted by Crippen LogP contribution is 2.13. The van der Waals surface area contributed by atoms with E-state index in [1.807, 2.05) is 0 Å². The van der Waals surface area contributed by atoms with Gasteiger partial charge in [0.2, 0.25) is 10.0 Å². The molecule has 0 saturated heterocycles. The van der Waals surface area contributed by atoms with Gasteiger partial charge in [0.15, 0.2) is 0 Å². The molecule has 0 radical (unpaired) electrons. The van der Waals surface area contributed by atoms with Crippen molar-refractivity contribution in [3.63, 3.8) is 0 Å². The van der Waals surface area contributed by atoms with Gasteiger partial charge in [0, 0.05) is 32.4 Å². The van der Waals surface area contributed by atoms with E-state index in [4.69, 9.17) is 4.84 Å². The van der Waals surface area contributed by atoms with Crippen LogP contribution < -0.4 is 5.56 Å². The van der Waals surface area contributed by atoms with Crippen LogP contribution in [0.4, 0.5) is 0 Å². The summed E-state index contributed by atoms with van der Waals surface area (Å²) in [6.07, 6.45) is 1.18. The van der Waals surface area contributed by atoms with E-state index in [1.165, 1.54) is 30.7 Å². The molecule has 0 aliphatic carbocycles. The van der Waals surface area contributed by atoms with E-state index in [1.54, 1.807) is 13.8 Å². The highest BCUT2D eigenvalue weighted by Gasteiger charge is 2.22. The summed E-state index contributed by atoms with van der Waals surface area (Å²) >= 11 is 0. The highest BCUT2D eigenvalue weighted by molar-refractivity contribution is 7.89. The second-order valence-electron chi connectivity index (χ2n) is 4.49. The van der Waals surface area contributed by atoms with Crippen molar-refractivity contribution in [2.45, 2.75) is 25.3 Å². The number of carbonyl (C=O) groups excluding carboxylic acids is 1. The molecule has 0 N–H and O–H groups in total. The molecule has 0 aliphatic rings. The lowest BCUT2D eigenvalue weighted by atomic mass is 10.4. The Morgan fingerprint density at radius 1 is 1.27 bits per heavy atom. The van der Waals surface area contributed by atoms with Crippen LogP contribution in [-0.2, 0) is 26.2 Å². The summed E-state index contributed by atoms with van der Waals surface area (Å²) < 4.78 is 27.2. The van der Waals surface area contributed by atoms with E-state index in [9.17, 15) is 18.0 Å². The molecule has 0 unspecified atom stereocenters. The van der Waals surface area contributed by atoms with Gasteiger partial charge in [0.1, 0.15) is 6.54 Å². The Balaban J connectivity index is 3.20. The maximum Gasteiger partial charge on any atom is 0.265 e. The third-order valence-corrected chi connectivity index (χ3v) is 5.26. The fourth-order valence-corrected chi connectivity index (χ4v) is 3.32. The van der Waals surface area contributed by atoms with Crippen molar-refractivity contribution in [1.82, 2.24) is 13.9 Å². The van der Waals surface area contributed by atoms with Gasteiger partial charge in [-0.15, -0.1) is 0 Å². The third-order valence-electron chi connectivity index (χ3n) is 3.23.